The van der Waals surface area contributed by atoms with Crippen molar-refractivity contribution < 1.29 is 4.39 Å². The average molecular weight is 289 g/mol. The summed E-state index contributed by atoms with van der Waals surface area (Å²) in [5, 5.41) is 0. The molecule has 0 radical (unpaired) electrons. The van der Waals surface area contributed by atoms with Crippen LogP contribution >= 0.6 is 0 Å². The summed E-state index contributed by atoms with van der Waals surface area (Å²) in [5.41, 5.74) is 1.82. The van der Waals surface area contributed by atoms with Crippen molar-refractivity contribution in [3.63, 3.8) is 0 Å². The summed E-state index contributed by atoms with van der Waals surface area (Å²) in [4.78, 5) is 7.24. The SMILES string of the molecule is CC[C@H]1CCCCN1Cc1nc2cc(F)ccc2n1CC. The molecule has 3 rings (SSSR count). The van der Waals surface area contributed by atoms with Crippen molar-refractivity contribution in [3.8, 4) is 0 Å². The predicted molar refractivity (Wildman–Crippen MR) is 83.7 cm³/mol. The number of hydrogen-bond acceptors (Lipinski definition) is 2. The molecule has 1 atom stereocenters. The zero-order valence-corrected chi connectivity index (χ0v) is 13.0. The molecule has 1 fully saturated rings. The summed E-state index contributed by atoms with van der Waals surface area (Å²) in [5.74, 6) is 0.859. The molecule has 0 amide bonds. The van der Waals surface area contributed by atoms with Gasteiger partial charge in [-0.05, 0) is 44.9 Å². The van der Waals surface area contributed by atoms with Crippen molar-refractivity contribution in [3.05, 3.63) is 29.8 Å². The number of likely N-dealkylation sites (tertiary alicyclic amines) is 1. The van der Waals surface area contributed by atoms with Gasteiger partial charge in [0.25, 0.3) is 0 Å². The second kappa shape index (κ2) is 6.14. The van der Waals surface area contributed by atoms with Crippen molar-refractivity contribution in [1.82, 2.24) is 14.5 Å². The number of fused-ring (bicyclic) bond motifs is 1. The zero-order valence-electron chi connectivity index (χ0n) is 13.0. The third kappa shape index (κ3) is 2.82. The number of nitrogens with zero attached hydrogens (tertiary/aromatic N) is 3. The monoisotopic (exact) mass is 289 g/mol. The van der Waals surface area contributed by atoms with Gasteiger partial charge >= 0.3 is 0 Å². The molecule has 0 N–H and O–H groups in total. The summed E-state index contributed by atoms with van der Waals surface area (Å²) < 4.78 is 15.6. The van der Waals surface area contributed by atoms with Gasteiger partial charge in [0, 0.05) is 18.7 Å². The average Bonchev–Trinajstić information content (AvgIpc) is 2.83. The Morgan fingerprint density at radius 1 is 1.29 bits per heavy atom. The van der Waals surface area contributed by atoms with Crippen LogP contribution in [0.3, 0.4) is 0 Å². The van der Waals surface area contributed by atoms with E-state index in [0.29, 0.717) is 6.04 Å². The van der Waals surface area contributed by atoms with Crippen molar-refractivity contribution in [1.29, 1.82) is 0 Å². The molecule has 2 heterocycles. The number of aromatic nitrogens is 2. The predicted octanol–water partition coefficient (Wildman–Crippen LogP) is 3.96. The highest BCUT2D eigenvalue weighted by atomic mass is 19.1. The molecule has 4 heteroatoms. The quantitative estimate of drug-likeness (QED) is 0.849. The lowest BCUT2D eigenvalue weighted by Gasteiger charge is -2.34. The highest BCUT2D eigenvalue weighted by Crippen LogP contribution is 2.24. The number of aryl methyl sites for hydroxylation is 1. The van der Waals surface area contributed by atoms with E-state index in [1.807, 2.05) is 6.07 Å². The molecule has 1 aliphatic rings. The zero-order chi connectivity index (χ0) is 14.8. The molecular formula is C17H24FN3. The summed E-state index contributed by atoms with van der Waals surface area (Å²) >= 11 is 0. The smallest absolute Gasteiger partial charge is 0.125 e. The maximum Gasteiger partial charge on any atom is 0.125 e. The van der Waals surface area contributed by atoms with Gasteiger partial charge in [0.15, 0.2) is 0 Å². The van der Waals surface area contributed by atoms with Crippen LogP contribution in [-0.4, -0.2) is 27.0 Å². The van der Waals surface area contributed by atoms with Gasteiger partial charge in [-0.3, -0.25) is 4.90 Å². The number of benzene rings is 1. The molecule has 0 unspecified atom stereocenters. The summed E-state index contributed by atoms with van der Waals surface area (Å²) in [6.45, 7) is 7.30. The minimum Gasteiger partial charge on any atom is -0.327 e. The summed E-state index contributed by atoms with van der Waals surface area (Å²) in [6.07, 6.45) is 5.10. The molecular weight excluding hydrogens is 265 g/mol. The Morgan fingerprint density at radius 2 is 2.14 bits per heavy atom. The number of halogens is 1. The van der Waals surface area contributed by atoms with Gasteiger partial charge in [-0.25, -0.2) is 9.37 Å². The first-order valence-electron chi connectivity index (χ1n) is 8.11. The Kier molecular flexibility index (Phi) is 4.24. The molecule has 0 aliphatic carbocycles. The fraction of sp³-hybridized carbons (Fsp3) is 0.588. The van der Waals surface area contributed by atoms with E-state index in [4.69, 9.17) is 0 Å². The van der Waals surface area contributed by atoms with Crippen molar-refractivity contribution >= 4 is 11.0 Å². The van der Waals surface area contributed by atoms with E-state index in [1.165, 1.54) is 31.7 Å². The van der Waals surface area contributed by atoms with Gasteiger partial charge in [-0.1, -0.05) is 13.3 Å². The second-order valence-electron chi connectivity index (χ2n) is 5.93. The van der Waals surface area contributed by atoms with E-state index in [-0.39, 0.29) is 5.82 Å². The molecule has 114 valence electrons. The van der Waals surface area contributed by atoms with Gasteiger partial charge in [-0.2, -0.15) is 0 Å². The van der Waals surface area contributed by atoms with E-state index >= 15 is 0 Å². The Hall–Kier alpha value is -1.42. The van der Waals surface area contributed by atoms with Crippen LogP contribution in [0.2, 0.25) is 0 Å². The minimum absolute atomic E-state index is 0.209. The van der Waals surface area contributed by atoms with Gasteiger partial charge < -0.3 is 4.57 Å². The molecule has 3 nitrogen and oxygen atoms in total. The fourth-order valence-electron chi connectivity index (χ4n) is 3.54. The third-order valence-corrected chi connectivity index (χ3v) is 4.67. The first kappa shape index (κ1) is 14.5. The Balaban J connectivity index is 1.92. The molecule has 1 aromatic heterocycles. The highest BCUT2D eigenvalue weighted by Gasteiger charge is 2.23. The standard InChI is InChI=1S/C17H24FN3/c1-3-14-7-5-6-10-20(14)12-17-19-15-11-13(18)8-9-16(15)21(17)4-2/h8-9,11,14H,3-7,10,12H2,1-2H3/t14-/m0/s1. The largest absolute Gasteiger partial charge is 0.327 e. The van der Waals surface area contributed by atoms with Gasteiger partial charge in [0.2, 0.25) is 0 Å². The summed E-state index contributed by atoms with van der Waals surface area (Å²) in [7, 11) is 0. The molecule has 1 aromatic carbocycles. The van der Waals surface area contributed by atoms with Crippen LogP contribution in [0.4, 0.5) is 4.39 Å². The normalized spacial score (nSPS) is 20.2. The molecule has 0 spiro atoms. The lowest BCUT2D eigenvalue weighted by Crippen LogP contribution is -2.39. The van der Waals surface area contributed by atoms with E-state index in [2.05, 4.69) is 28.3 Å². The summed E-state index contributed by atoms with van der Waals surface area (Å²) in [6, 6.07) is 5.58. The minimum atomic E-state index is -0.209. The van der Waals surface area contributed by atoms with Crippen LogP contribution < -0.4 is 0 Å². The molecule has 21 heavy (non-hydrogen) atoms. The van der Waals surface area contributed by atoms with E-state index in [0.717, 1.165) is 36.5 Å². The van der Waals surface area contributed by atoms with Crippen LogP contribution in [0.1, 0.15) is 45.4 Å². The van der Waals surface area contributed by atoms with Crippen LogP contribution in [0.25, 0.3) is 11.0 Å². The van der Waals surface area contributed by atoms with Crippen LogP contribution in [-0.2, 0) is 13.1 Å². The number of imidazole rings is 1. The van der Waals surface area contributed by atoms with E-state index in [9.17, 15) is 4.39 Å². The fourth-order valence-corrected chi connectivity index (χ4v) is 3.54. The van der Waals surface area contributed by atoms with Gasteiger partial charge in [0.1, 0.15) is 11.6 Å². The number of hydrogen-bond donors (Lipinski definition) is 0. The molecule has 1 saturated heterocycles. The first-order chi connectivity index (χ1) is 10.2. The van der Waals surface area contributed by atoms with E-state index in [1.54, 1.807) is 6.07 Å². The Labute approximate surface area is 125 Å². The Morgan fingerprint density at radius 3 is 2.90 bits per heavy atom. The molecule has 1 aliphatic heterocycles. The third-order valence-electron chi connectivity index (χ3n) is 4.67. The molecule has 0 saturated carbocycles. The van der Waals surface area contributed by atoms with Crippen molar-refractivity contribution in [2.75, 3.05) is 6.54 Å². The van der Waals surface area contributed by atoms with Crippen LogP contribution in [0.15, 0.2) is 18.2 Å². The molecule has 0 bridgehead atoms. The number of piperidine rings is 1. The highest BCUT2D eigenvalue weighted by molar-refractivity contribution is 5.76. The maximum absolute atomic E-state index is 13.4. The van der Waals surface area contributed by atoms with Gasteiger partial charge in [0.05, 0.1) is 17.6 Å². The van der Waals surface area contributed by atoms with E-state index < -0.39 is 0 Å². The lowest BCUT2D eigenvalue weighted by atomic mass is 10.0. The van der Waals surface area contributed by atoms with Crippen molar-refractivity contribution in [2.24, 2.45) is 0 Å². The van der Waals surface area contributed by atoms with Gasteiger partial charge in [-0.15, -0.1) is 0 Å². The first-order valence-corrected chi connectivity index (χ1v) is 8.11. The second-order valence-corrected chi connectivity index (χ2v) is 5.93. The topological polar surface area (TPSA) is 21.1 Å². The van der Waals surface area contributed by atoms with Crippen molar-refractivity contribution in [2.45, 2.75) is 58.7 Å². The van der Waals surface area contributed by atoms with Crippen LogP contribution in [0, 0.1) is 5.82 Å². The lowest BCUT2D eigenvalue weighted by molar-refractivity contribution is 0.131. The maximum atomic E-state index is 13.4. The molecule has 2 aromatic rings. The Bertz CT molecular complexity index is 620. The van der Waals surface area contributed by atoms with Crippen LogP contribution in [0.5, 0.6) is 0 Å². The number of rotatable bonds is 4.